The monoisotopic (exact) mass is 238 g/mol. The average Bonchev–Trinajstić information content (AvgIpc) is 2.14. The lowest BCUT2D eigenvalue weighted by Crippen LogP contribution is -2.63. The van der Waals surface area contributed by atoms with Gasteiger partial charge >= 0.3 is 0 Å². The van der Waals surface area contributed by atoms with Crippen molar-refractivity contribution in [1.82, 2.24) is 10.3 Å². The summed E-state index contributed by atoms with van der Waals surface area (Å²) in [7, 11) is -3.14. The van der Waals surface area contributed by atoms with Crippen LogP contribution < -0.4 is 5.32 Å². The van der Waals surface area contributed by atoms with E-state index in [2.05, 4.69) is 10.3 Å². The molecule has 0 aromatic carbocycles. The Balaban J connectivity index is 1.80. The second-order valence-electron chi connectivity index (χ2n) is 4.87. The quantitative estimate of drug-likeness (QED) is 0.820. The molecule has 4 nitrogen and oxygen atoms in total. The first kappa shape index (κ1) is 10.2. The summed E-state index contributed by atoms with van der Waals surface area (Å²) in [6, 6.07) is 3.30. The number of sulfone groups is 1. The molecule has 0 radical (unpaired) electrons. The lowest BCUT2D eigenvalue weighted by molar-refractivity contribution is 0.0640. The highest BCUT2D eigenvalue weighted by atomic mass is 32.2. The summed E-state index contributed by atoms with van der Waals surface area (Å²) in [6.45, 7) is 1.96. The van der Waals surface area contributed by atoms with Gasteiger partial charge in [0.05, 0.1) is 10.1 Å². The van der Waals surface area contributed by atoms with Crippen LogP contribution in [0.4, 0.5) is 0 Å². The Kier molecular flexibility index (Phi) is 2.09. The highest BCUT2D eigenvalue weighted by Crippen LogP contribution is 2.48. The van der Waals surface area contributed by atoms with Crippen molar-refractivity contribution in [3.63, 3.8) is 0 Å². The molecule has 1 N–H and O–H groups in total. The van der Waals surface area contributed by atoms with E-state index in [4.69, 9.17) is 0 Å². The normalized spacial score (nSPS) is 23.8. The van der Waals surface area contributed by atoms with Gasteiger partial charge in [-0.25, -0.2) is 8.42 Å². The van der Waals surface area contributed by atoms with Crippen LogP contribution >= 0.6 is 0 Å². The second-order valence-corrected chi connectivity index (χ2v) is 7.10. The molecule has 3 rings (SSSR count). The van der Waals surface area contributed by atoms with Gasteiger partial charge in [-0.1, -0.05) is 0 Å². The number of nitrogens with zero attached hydrogens (tertiary/aromatic N) is 1. The standard InChI is InChI=1S/C11H14N2O2S/c14-16(15,9-2-1-3-12-6-9)10-4-11(5-10)7-13-8-11/h1-3,6,10,13H,4-5,7-8H2. The Hall–Kier alpha value is -0.940. The van der Waals surface area contributed by atoms with E-state index in [1.807, 2.05) is 0 Å². The topological polar surface area (TPSA) is 59.1 Å². The SMILES string of the molecule is O=S(=O)(c1cccnc1)C1CC2(CNC2)C1. The van der Waals surface area contributed by atoms with Gasteiger partial charge in [-0.3, -0.25) is 4.98 Å². The Bertz CT molecular complexity index is 486. The van der Waals surface area contributed by atoms with Gasteiger partial charge in [0.15, 0.2) is 9.84 Å². The summed E-state index contributed by atoms with van der Waals surface area (Å²) in [5.74, 6) is 0. The summed E-state index contributed by atoms with van der Waals surface area (Å²) in [5, 5.41) is 3.01. The van der Waals surface area contributed by atoms with Crippen molar-refractivity contribution in [3.05, 3.63) is 24.5 Å². The van der Waals surface area contributed by atoms with E-state index >= 15 is 0 Å². The van der Waals surface area contributed by atoms with Gasteiger partial charge in [0.1, 0.15) is 0 Å². The summed E-state index contributed by atoms with van der Waals surface area (Å²) < 4.78 is 24.4. The van der Waals surface area contributed by atoms with Crippen LogP contribution in [0.25, 0.3) is 0 Å². The van der Waals surface area contributed by atoms with Crippen LogP contribution in [0, 0.1) is 5.41 Å². The molecule has 2 fully saturated rings. The molecule has 1 saturated carbocycles. The number of hydrogen-bond acceptors (Lipinski definition) is 4. The number of hydrogen-bond donors (Lipinski definition) is 1. The van der Waals surface area contributed by atoms with E-state index in [9.17, 15) is 8.42 Å². The molecule has 1 aliphatic heterocycles. The fraction of sp³-hybridized carbons (Fsp3) is 0.545. The van der Waals surface area contributed by atoms with E-state index in [-0.39, 0.29) is 5.25 Å². The van der Waals surface area contributed by atoms with Crippen LogP contribution in [0.3, 0.4) is 0 Å². The fourth-order valence-electron chi connectivity index (χ4n) is 2.60. The zero-order valence-electron chi connectivity index (χ0n) is 8.89. The molecule has 5 heteroatoms. The van der Waals surface area contributed by atoms with Gasteiger partial charge in [0.25, 0.3) is 0 Å². The summed E-state index contributed by atoms with van der Waals surface area (Å²) in [5.41, 5.74) is 0.292. The third-order valence-corrected chi connectivity index (χ3v) is 5.83. The minimum Gasteiger partial charge on any atom is -0.316 e. The van der Waals surface area contributed by atoms with Crippen molar-refractivity contribution in [2.75, 3.05) is 13.1 Å². The number of nitrogens with one attached hydrogen (secondary N) is 1. The minimum atomic E-state index is -3.14. The third-order valence-electron chi connectivity index (χ3n) is 3.72. The molecule has 0 atom stereocenters. The first-order chi connectivity index (χ1) is 7.62. The zero-order chi connectivity index (χ0) is 11.2. The maximum Gasteiger partial charge on any atom is 0.182 e. The van der Waals surface area contributed by atoms with Crippen LogP contribution in [0.5, 0.6) is 0 Å². The van der Waals surface area contributed by atoms with Gasteiger partial charge in [0, 0.05) is 25.5 Å². The molecule has 1 aromatic heterocycles. The Morgan fingerprint density at radius 1 is 1.38 bits per heavy atom. The predicted molar refractivity (Wildman–Crippen MR) is 59.7 cm³/mol. The molecule has 1 aromatic rings. The molecule has 86 valence electrons. The lowest BCUT2D eigenvalue weighted by atomic mass is 9.64. The molecule has 0 unspecified atom stereocenters. The van der Waals surface area contributed by atoms with Crippen molar-refractivity contribution >= 4 is 9.84 Å². The van der Waals surface area contributed by atoms with Crippen molar-refractivity contribution in [2.45, 2.75) is 23.0 Å². The Morgan fingerprint density at radius 2 is 2.12 bits per heavy atom. The molecular formula is C11H14N2O2S. The van der Waals surface area contributed by atoms with Crippen LogP contribution in [0.1, 0.15) is 12.8 Å². The van der Waals surface area contributed by atoms with E-state index in [0.717, 1.165) is 25.9 Å². The van der Waals surface area contributed by atoms with E-state index in [1.165, 1.54) is 6.20 Å². The number of pyridine rings is 1. The minimum absolute atomic E-state index is 0.196. The smallest absolute Gasteiger partial charge is 0.182 e. The van der Waals surface area contributed by atoms with Crippen molar-refractivity contribution in [2.24, 2.45) is 5.41 Å². The Morgan fingerprint density at radius 3 is 2.62 bits per heavy atom. The molecule has 1 spiro atoms. The fourth-order valence-corrected chi connectivity index (χ4v) is 4.61. The zero-order valence-corrected chi connectivity index (χ0v) is 9.70. The van der Waals surface area contributed by atoms with Gasteiger partial charge in [-0.05, 0) is 30.4 Å². The molecule has 2 heterocycles. The number of aromatic nitrogens is 1. The van der Waals surface area contributed by atoms with Crippen molar-refractivity contribution < 1.29 is 8.42 Å². The van der Waals surface area contributed by atoms with Crippen LogP contribution in [-0.2, 0) is 9.84 Å². The molecule has 0 bridgehead atoms. The molecule has 1 saturated heterocycles. The largest absolute Gasteiger partial charge is 0.316 e. The van der Waals surface area contributed by atoms with E-state index < -0.39 is 9.84 Å². The highest BCUT2D eigenvalue weighted by Gasteiger charge is 2.53. The predicted octanol–water partition coefficient (Wildman–Crippen LogP) is 0.607. The van der Waals surface area contributed by atoms with Gasteiger partial charge < -0.3 is 5.32 Å². The molecule has 16 heavy (non-hydrogen) atoms. The van der Waals surface area contributed by atoms with Gasteiger partial charge in [-0.15, -0.1) is 0 Å². The summed E-state index contributed by atoms with van der Waals surface area (Å²) in [4.78, 5) is 4.23. The van der Waals surface area contributed by atoms with Crippen LogP contribution in [0.2, 0.25) is 0 Å². The van der Waals surface area contributed by atoms with Gasteiger partial charge in [-0.2, -0.15) is 0 Å². The van der Waals surface area contributed by atoms with E-state index in [0.29, 0.717) is 10.3 Å². The van der Waals surface area contributed by atoms with Crippen molar-refractivity contribution in [1.29, 1.82) is 0 Å². The Labute approximate surface area is 95.0 Å². The highest BCUT2D eigenvalue weighted by molar-refractivity contribution is 7.92. The molecule has 2 aliphatic rings. The maximum absolute atomic E-state index is 12.2. The lowest BCUT2D eigenvalue weighted by Gasteiger charge is -2.53. The van der Waals surface area contributed by atoms with Crippen LogP contribution in [-0.4, -0.2) is 31.7 Å². The second kappa shape index (κ2) is 3.28. The maximum atomic E-state index is 12.2. The average molecular weight is 238 g/mol. The molecule has 0 amide bonds. The molecular weight excluding hydrogens is 224 g/mol. The van der Waals surface area contributed by atoms with Crippen LogP contribution in [0.15, 0.2) is 29.4 Å². The summed E-state index contributed by atoms with van der Waals surface area (Å²) in [6.07, 6.45) is 4.64. The number of rotatable bonds is 2. The first-order valence-corrected chi connectivity index (χ1v) is 7.02. The summed E-state index contributed by atoms with van der Waals surface area (Å²) >= 11 is 0. The van der Waals surface area contributed by atoms with Gasteiger partial charge in [0.2, 0.25) is 0 Å². The third kappa shape index (κ3) is 1.38. The first-order valence-electron chi connectivity index (χ1n) is 5.47. The molecule has 1 aliphatic carbocycles. The van der Waals surface area contributed by atoms with E-state index in [1.54, 1.807) is 18.3 Å². The van der Waals surface area contributed by atoms with Crippen molar-refractivity contribution in [3.8, 4) is 0 Å².